The van der Waals surface area contributed by atoms with E-state index in [0.717, 1.165) is 21.6 Å². The van der Waals surface area contributed by atoms with Crippen LogP contribution in [0.3, 0.4) is 0 Å². The number of pyridine rings is 3. The zero-order valence-electron chi connectivity index (χ0n) is 17.1. The van der Waals surface area contributed by atoms with E-state index in [9.17, 15) is 4.79 Å². The number of anilines is 1. The van der Waals surface area contributed by atoms with Crippen LogP contribution in [0.25, 0.3) is 11.3 Å². The molecule has 0 saturated carbocycles. The topological polar surface area (TPSA) is 77.0 Å². The lowest BCUT2D eigenvalue weighted by Crippen LogP contribution is -2.04. The van der Waals surface area contributed by atoms with Crippen molar-refractivity contribution in [2.75, 3.05) is 11.8 Å². The maximum Gasteiger partial charge on any atom is 0.338 e. The van der Waals surface area contributed by atoms with Crippen LogP contribution in [0, 0.1) is 11.8 Å². The first kappa shape index (κ1) is 21.1. The molecular weight excluding hydrogens is 420 g/mol. The second-order valence-corrected chi connectivity index (χ2v) is 7.46. The SMILES string of the molecule is COC(=O)c1cc(NSc2cccnc2)nc(-c2ccc(C#Cc3cccnc3)cc2)c1. The third kappa shape index (κ3) is 5.50. The van der Waals surface area contributed by atoms with Gasteiger partial charge in [0.1, 0.15) is 5.82 Å². The molecule has 6 nitrogen and oxygen atoms in total. The van der Waals surface area contributed by atoms with E-state index in [-0.39, 0.29) is 0 Å². The van der Waals surface area contributed by atoms with Gasteiger partial charge in [-0.15, -0.1) is 0 Å². The summed E-state index contributed by atoms with van der Waals surface area (Å²) in [6.45, 7) is 0. The summed E-state index contributed by atoms with van der Waals surface area (Å²) in [7, 11) is 1.36. The van der Waals surface area contributed by atoms with Crippen LogP contribution in [-0.2, 0) is 4.74 Å². The number of hydrogen-bond donors (Lipinski definition) is 1. The number of hydrogen-bond acceptors (Lipinski definition) is 7. The molecule has 0 spiro atoms. The number of aromatic nitrogens is 3. The summed E-state index contributed by atoms with van der Waals surface area (Å²) in [5.41, 5.74) is 3.64. The van der Waals surface area contributed by atoms with Crippen LogP contribution >= 0.6 is 11.9 Å². The van der Waals surface area contributed by atoms with Crippen molar-refractivity contribution in [3.63, 3.8) is 0 Å². The van der Waals surface area contributed by atoms with Gasteiger partial charge in [0.25, 0.3) is 0 Å². The largest absolute Gasteiger partial charge is 0.465 e. The Hall–Kier alpha value is -4.15. The Kier molecular flexibility index (Phi) is 6.75. The summed E-state index contributed by atoms with van der Waals surface area (Å²) in [6, 6.07) is 18.6. The average Bonchev–Trinajstić information content (AvgIpc) is 2.87. The van der Waals surface area contributed by atoms with Gasteiger partial charge in [0.05, 0.1) is 18.4 Å². The third-order valence-electron chi connectivity index (χ3n) is 4.35. The van der Waals surface area contributed by atoms with Gasteiger partial charge in [-0.2, -0.15) is 0 Å². The molecule has 0 bridgehead atoms. The first-order chi connectivity index (χ1) is 15.7. The average molecular weight is 439 g/mol. The highest BCUT2D eigenvalue weighted by atomic mass is 32.2. The molecule has 1 aromatic carbocycles. The highest BCUT2D eigenvalue weighted by molar-refractivity contribution is 8.00. The molecule has 0 aliphatic rings. The molecular formula is C25H18N4O2S. The molecule has 4 aromatic rings. The first-order valence-electron chi connectivity index (χ1n) is 9.67. The van der Waals surface area contributed by atoms with Crippen molar-refractivity contribution >= 4 is 23.7 Å². The second kappa shape index (κ2) is 10.2. The first-order valence-corrected chi connectivity index (χ1v) is 10.5. The number of benzene rings is 1. The molecule has 0 radical (unpaired) electrons. The Bertz CT molecular complexity index is 1270. The molecule has 3 aromatic heterocycles. The molecule has 0 atom stereocenters. The van der Waals surface area contributed by atoms with E-state index < -0.39 is 5.97 Å². The molecule has 0 unspecified atom stereocenters. The lowest BCUT2D eigenvalue weighted by molar-refractivity contribution is 0.0600. The fraction of sp³-hybridized carbons (Fsp3) is 0.0400. The van der Waals surface area contributed by atoms with Crippen molar-refractivity contribution in [3.8, 4) is 23.1 Å². The van der Waals surface area contributed by atoms with Crippen molar-refractivity contribution in [3.05, 3.63) is 102 Å². The summed E-state index contributed by atoms with van der Waals surface area (Å²) in [6.07, 6.45) is 6.90. The fourth-order valence-corrected chi connectivity index (χ4v) is 3.38. The van der Waals surface area contributed by atoms with Gasteiger partial charge >= 0.3 is 5.97 Å². The highest BCUT2D eigenvalue weighted by Gasteiger charge is 2.12. The molecule has 0 aliphatic carbocycles. The molecule has 0 aliphatic heterocycles. The van der Waals surface area contributed by atoms with Crippen LogP contribution in [0.4, 0.5) is 5.82 Å². The number of ether oxygens (including phenoxy) is 1. The van der Waals surface area contributed by atoms with Gasteiger partial charge in [-0.3, -0.25) is 9.97 Å². The van der Waals surface area contributed by atoms with Crippen molar-refractivity contribution in [1.29, 1.82) is 0 Å². The molecule has 7 heteroatoms. The number of carbonyl (C=O) groups is 1. The fourth-order valence-electron chi connectivity index (χ4n) is 2.79. The molecule has 0 saturated heterocycles. The predicted octanol–water partition coefficient (Wildman–Crippen LogP) is 4.84. The van der Waals surface area contributed by atoms with E-state index >= 15 is 0 Å². The molecule has 32 heavy (non-hydrogen) atoms. The van der Waals surface area contributed by atoms with Crippen LogP contribution in [-0.4, -0.2) is 28.0 Å². The molecule has 1 N–H and O–H groups in total. The van der Waals surface area contributed by atoms with Gasteiger partial charge in [-0.25, -0.2) is 9.78 Å². The van der Waals surface area contributed by atoms with E-state index in [0.29, 0.717) is 17.1 Å². The van der Waals surface area contributed by atoms with Gasteiger partial charge in [-0.05, 0) is 60.5 Å². The quantitative estimate of drug-likeness (QED) is 0.271. The van der Waals surface area contributed by atoms with Crippen LogP contribution < -0.4 is 4.72 Å². The lowest BCUT2D eigenvalue weighted by atomic mass is 10.1. The molecule has 4 rings (SSSR count). The van der Waals surface area contributed by atoms with Crippen molar-refractivity contribution in [2.45, 2.75) is 4.90 Å². The molecule has 156 valence electrons. The molecule has 3 heterocycles. The third-order valence-corrected chi connectivity index (χ3v) is 5.14. The van der Waals surface area contributed by atoms with Gasteiger partial charge < -0.3 is 9.46 Å². The van der Waals surface area contributed by atoms with Crippen LogP contribution in [0.5, 0.6) is 0 Å². The minimum Gasteiger partial charge on any atom is -0.465 e. The smallest absolute Gasteiger partial charge is 0.338 e. The zero-order valence-corrected chi connectivity index (χ0v) is 18.0. The van der Waals surface area contributed by atoms with Crippen LogP contribution in [0.15, 0.2) is 90.3 Å². The van der Waals surface area contributed by atoms with Gasteiger partial charge in [0, 0.05) is 46.4 Å². The van der Waals surface area contributed by atoms with Crippen LogP contribution in [0.1, 0.15) is 21.5 Å². The summed E-state index contributed by atoms with van der Waals surface area (Å²) in [4.78, 5) is 25.9. The number of esters is 1. The Balaban J connectivity index is 1.58. The Morgan fingerprint density at radius 2 is 1.69 bits per heavy atom. The van der Waals surface area contributed by atoms with E-state index in [1.807, 2.05) is 48.5 Å². The van der Waals surface area contributed by atoms with E-state index in [1.165, 1.54) is 19.1 Å². The van der Waals surface area contributed by atoms with Crippen molar-refractivity contribution in [1.82, 2.24) is 15.0 Å². The van der Waals surface area contributed by atoms with Crippen molar-refractivity contribution in [2.24, 2.45) is 0 Å². The minimum atomic E-state index is -0.429. The summed E-state index contributed by atoms with van der Waals surface area (Å²) in [5.74, 6) is 6.32. The van der Waals surface area contributed by atoms with Gasteiger partial charge in [0.2, 0.25) is 0 Å². The maximum absolute atomic E-state index is 12.2. The van der Waals surface area contributed by atoms with Crippen LogP contribution in [0.2, 0.25) is 0 Å². The Morgan fingerprint density at radius 3 is 2.38 bits per heavy atom. The number of nitrogens with one attached hydrogen (secondary N) is 1. The number of methoxy groups -OCH3 is 1. The summed E-state index contributed by atoms with van der Waals surface area (Å²) >= 11 is 1.36. The number of nitrogens with zero attached hydrogens (tertiary/aromatic N) is 3. The van der Waals surface area contributed by atoms with E-state index in [1.54, 1.807) is 36.9 Å². The molecule has 0 amide bonds. The highest BCUT2D eigenvalue weighted by Crippen LogP contribution is 2.25. The predicted molar refractivity (Wildman–Crippen MR) is 125 cm³/mol. The number of carbonyl (C=O) groups excluding carboxylic acids is 1. The van der Waals surface area contributed by atoms with Gasteiger partial charge in [-0.1, -0.05) is 24.0 Å². The van der Waals surface area contributed by atoms with E-state index in [4.69, 9.17) is 4.74 Å². The zero-order chi connectivity index (χ0) is 22.2. The van der Waals surface area contributed by atoms with E-state index in [2.05, 4.69) is 31.5 Å². The second-order valence-electron chi connectivity index (χ2n) is 6.58. The maximum atomic E-state index is 12.2. The van der Waals surface area contributed by atoms with Gasteiger partial charge in [0.15, 0.2) is 0 Å². The standard InChI is InChI=1S/C25H18N4O2S/c1-31-25(30)21-14-23(28-24(15-21)29-32-22-5-3-13-27-17-22)20-10-8-18(9-11-20)6-7-19-4-2-12-26-16-19/h2-5,8-17H,1H3,(H,28,29). The molecule has 0 fully saturated rings. The Labute approximate surface area is 190 Å². The summed E-state index contributed by atoms with van der Waals surface area (Å²) in [5, 5.41) is 0. The summed E-state index contributed by atoms with van der Waals surface area (Å²) < 4.78 is 8.07. The normalized spacial score (nSPS) is 10.0. The Morgan fingerprint density at radius 1 is 0.938 bits per heavy atom. The van der Waals surface area contributed by atoms with Crippen molar-refractivity contribution < 1.29 is 9.53 Å². The number of rotatable bonds is 5. The monoisotopic (exact) mass is 438 g/mol. The minimum absolute atomic E-state index is 0.409. The lowest BCUT2D eigenvalue weighted by Gasteiger charge is -2.10.